The first-order valence-electron chi connectivity index (χ1n) is 10.6. The van der Waals surface area contributed by atoms with Gasteiger partial charge in [0.05, 0.1) is 28.3 Å². The lowest BCUT2D eigenvalue weighted by molar-refractivity contribution is -0.132. The molecule has 1 aliphatic heterocycles. The van der Waals surface area contributed by atoms with E-state index < -0.39 is 17.7 Å². The zero-order valence-corrected chi connectivity index (χ0v) is 20.7. The Labute approximate surface area is 210 Å². The minimum Gasteiger partial charge on any atom is -0.507 e. The quantitative estimate of drug-likeness (QED) is 0.180. The first kappa shape index (κ1) is 24.2. The second kappa shape index (κ2) is 10.1. The number of ether oxygens (including phenoxy) is 1. The zero-order valence-electron chi connectivity index (χ0n) is 18.4. The van der Waals surface area contributed by atoms with Crippen LogP contribution in [0, 0.1) is 6.92 Å². The summed E-state index contributed by atoms with van der Waals surface area (Å²) >= 11 is 13.5. The number of Topliss-reactive ketones (excluding diaryl/α,β-unsaturated/α-hetero) is 1. The number of carbonyl (C=O) groups is 2. The highest BCUT2D eigenvalue weighted by molar-refractivity contribution is 7.15. The Balaban J connectivity index is 1.81. The first-order chi connectivity index (χ1) is 16.3. The van der Waals surface area contributed by atoms with Gasteiger partial charge in [0.2, 0.25) is 5.13 Å². The Hall–Kier alpha value is -2.94. The second-order valence-electron chi connectivity index (χ2n) is 7.67. The van der Waals surface area contributed by atoms with Gasteiger partial charge in [-0.15, -0.1) is 10.2 Å². The molecule has 0 bridgehead atoms. The van der Waals surface area contributed by atoms with E-state index in [1.54, 1.807) is 49.4 Å². The van der Waals surface area contributed by atoms with Gasteiger partial charge in [0, 0.05) is 5.56 Å². The minimum absolute atomic E-state index is 0.0732. The van der Waals surface area contributed by atoms with E-state index in [2.05, 4.69) is 17.1 Å². The standard InChI is InChI=1S/C24H21Cl2N3O4S/c1-3-4-11-33-16-8-5-14(6-9-16)21(30)19-20(15-7-10-17(25)18(26)12-15)29(23(32)22(19)31)24-28-27-13(2)34-24/h5-10,12,20,30H,3-4,11H2,1-2H3/b21-19-. The molecule has 7 nitrogen and oxygen atoms in total. The van der Waals surface area contributed by atoms with Crippen LogP contribution < -0.4 is 9.64 Å². The van der Waals surface area contributed by atoms with Crippen LogP contribution >= 0.6 is 34.5 Å². The number of hydrogen-bond acceptors (Lipinski definition) is 7. The highest BCUT2D eigenvalue weighted by Gasteiger charge is 2.48. The van der Waals surface area contributed by atoms with Crippen LogP contribution in [0.1, 0.15) is 41.9 Å². The molecular weight excluding hydrogens is 497 g/mol. The molecule has 1 saturated heterocycles. The Morgan fingerprint density at radius 2 is 1.85 bits per heavy atom. The molecule has 34 heavy (non-hydrogen) atoms. The number of anilines is 1. The van der Waals surface area contributed by atoms with Crippen molar-refractivity contribution in [3.8, 4) is 5.75 Å². The number of aliphatic hydroxyl groups excluding tert-OH is 1. The Morgan fingerprint density at radius 3 is 2.47 bits per heavy atom. The molecule has 0 aliphatic carbocycles. The molecule has 10 heteroatoms. The Morgan fingerprint density at radius 1 is 1.12 bits per heavy atom. The number of ketones is 1. The predicted octanol–water partition coefficient (Wildman–Crippen LogP) is 5.96. The Kier molecular flexibility index (Phi) is 7.21. The minimum atomic E-state index is -0.956. The normalized spacial score (nSPS) is 17.4. The predicted molar refractivity (Wildman–Crippen MR) is 133 cm³/mol. The lowest BCUT2D eigenvalue weighted by Crippen LogP contribution is -2.29. The van der Waals surface area contributed by atoms with E-state index in [4.69, 9.17) is 27.9 Å². The van der Waals surface area contributed by atoms with Crippen molar-refractivity contribution in [3.05, 3.63) is 74.2 Å². The average molecular weight is 518 g/mol. The topological polar surface area (TPSA) is 92.6 Å². The fourth-order valence-electron chi connectivity index (χ4n) is 3.61. The van der Waals surface area contributed by atoms with Crippen molar-refractivity contribution in [1.29, 1.82) is 0 Å². The number of nitrogens with zero attached hydrogens (tertiary/aromatic N) is 3. The van der Waals surface area contributed by atoms with E-state index in [1.165, 1.54) is 16.2 Å². The largest absolute Gasteiger partial charge is 0.507 e. The molecule has 1 unspecified atom stereocenters. The molecule has 1 atom stereocenters. The molecule has 4 rings (SSSR count). The van der Waals surface area contributed by atoms with Gasteiger partial charge >= 0.3 is 5.91 Å². The number of amides is 1. The number of rotatable bonds is 7. The number of halogens is 2. The summed E-state index contributed by atoms with van der Waals surface area (Å²) in [6.07, 6.45) is 1.95. The van der Waals surface area contributed by atoms with Crippen molar-refractivity contribution in [1.82, 2.24) is 10.2 Å². The number of hydrogen-bond donors (Lipinski definition) is 1. The smallest absolute Gasteiger partial charge is 0.301 e. The first-order valence-corrected chi connectivity index (χ1v) is 12.2. The fourth-order valence-corrected chi connectivity index (χ4v) is 4.63. The molecule has 3 aromatic rings. The van der Waals surface area contributed by atoms with Crippen LogP contribution in [0.2, 0.25) is 10.0 Å². The van der Waals surface area contributed by atoms with E-state index in [9.17, 15) is 14.7 Å². The van der Waals surface area contributed by atoms with Gasteiger partial charge in [-0.1, -0.05) is 53.9 Å². The number of aliphatic hydroxyl groups is 1. The van der Waals surface area contributed by atoms with Crippen molar-refractivity contribution in [2.24, 2.45) is 0 Å². The molecule has 0 spiro atoms. The lowest BCUT2D eigenvalue weighted by atomic mass is 9.95. The molecule has 0 saturated carbocycles. The summed E-state index contributed by atoms with van der Waals surface area (Å²) in [5.41, 5.74) is 0.803. The van der Waals surface area contributed by atoms with E-state index in [0.717, 1.165) is 12.8 Å². The lowest BCUT2D eigenvalue weighted by Gasteiger charge is -2.23. The molecular formula is C24H21Cl2N3O4S. The van der Waals surface area contributed by atoms with Crippen LogP contribution in [0.25, 0.3) is 5.76 Å². The third-order valence-electron chi connectivity index (χ3n) is 5.32. The maximum atomic E-state index is 13.2. The summed E-state index contributed by atoms with van der Waals surface area (Å²) in [6.45, 7) is 4.41. The molecule has 0 radical (unpaired) electrons. The highest BCUT2D eigenvalue weighted by Crippen LogP contribution is 2.44. The zero-order chi connectivity index (χ0) is 24.4. The van der Waals surface area contributed by atoms with Gasteiger partial charge in [0.1, 0.15) is 16.5 Å². The monoisotopic (exact) mass is 517 g/mol. The van der Waals surface area contributed by atoms with Crippen molar-refractivity contribution in [3.63, 3.8) is 0 Å². The third-order valence-corrected chi connectivity index (χ3v) is 6.90. The van der Waals surface area contributed by atoms with E-state index in [-0.39, 0.29) is 21.5 Å². The van der Waals surface area contributed by atoms with Gasteiger partial charge in [-0.3, -0.25) is 14.5 Å². The van der Waals surface area contributed by atoms with Crippen LogP contribution in [0.3, 0.4) is 0 Å². The van der Waals surface area contributed by atoms with Crippen molar-refractivity contribution < 1.29 is 19.4 Å². The maximum absolute atomic E-state index is 13.2. The average Bonchev–Trinajstić information content (AvgIpc) is 3.36. The van der Waals surface area contributed by atoms with Gasteiger partial charge in [-0.2, -0.15) is 0 Å². The number of benzene rings is 2. The van der Waals surface area contributed by atoms with Crippen LogP contribution in [0.5, 0.6) is 5.75 Å². The highest BCUT2D eigenvalue weighted by atomic mass is 35.5. The molecule has 1 amide bonds. The van der Waals surface area contributed by atoms with Gasteiger partial charge < -0.3 is 9.84 Å². The van der Waals surface area contributed by atoms with Gasteiger partial charge in [0.15, 0.2) is 0 Å². The van der Waals surface area contributed by atoms with E-state index in [0.29, 0.717) is 33.5 Å². The molecule has 176 valence electrons. The van der Waals surface area contributed by atoms with Crippen LogP contribution in [0.15, 0.2) is 48.0 Å². The number of aryl methyl sites for hydroxylation is 1. The van der Waals surface area contributed by atoms with Crippen LogP contribution in [-0.2, 0) is 9.59 Å². The summed E-state index contributed by atoms with van der Waals surface area (Å²) in [4.78, 5) is 27.5. The molecule has 2 heterocycles. The molecule has 2 aromatic carbocycles. The maximum Gasteiger partial charge on any atom is 0.301 e. The van der Waals surface area contributed by atoms with Crippen molar-refractivity contribution in [2.75, 3.05) is 11.5 Å². The van der Waals surface area contributed by atoms with Crippen LogP contribution in [0.4, 0.5) is 5.13 Å². The van der Waals surface area contributed by atoms with E-state index >= 15 is 0 Å². The van der Waals surface area contributed by atoms with Crippen LogP contribution in [-0.4, -0.2) is 33.6 Å². The molecule has 1 aromatic heterocycles. The number of aromatic nitrogens is 2. The summed E-state index contributed by atoms with van der Waals surface area (Å²) in [5.74, 6) is -1.30. The Bertz CT molecular complexity index is 1270. The molecule has 1 aliphatic rings. The van der Waals surface area contributed by atoms with Crippen molar-refractivity contribution in [2.45, 2.75) is 32.7 Å². The number of unbranched alkanes of at least 4 members (excludes halogenated alkanes) is 1. The third kappa shape index (κ3) is 4.66. The van der Waals surface area contributed by atoms with Gasteiger partial charge in [0.25, 0.3) is 5.78 Å². The second-order valence-corrected chi connectivity index (χ2v) is 9.65. The summed E-state index contributed by atoms with van der Waals surface area (Å²) < 4.78 is 5.67. The van der Waals surface area contributed by atoms with Gasteiger partial charge in [-0.25, -0.2) is 0 Å². The van der Waals surface area contributed by atoms with Crippen molar-refractivity contribution >= 4 is 57.1 Å². The summed E-state index contributed by atoms with van der Waals surface area (Å²) in [7, 11) is 0. The SMILES string of the molecule is CCCCOc1ccc(/C(O)=C2/C(=O)C(=O)N(c3nnc(C)s3)C2c2ccc(Cl)c(Cl)c2)cc1. The van der Waals surface area contributed by atoms with Gasteiger partial charge in [-0.05, 0) is 55.3 Å². The fraction of sp³-hybridized carbons (Fsp3) is 0.250. The summed E-state index contributed by atoms with van der Waals surface area (Å²) in [5, 5.41) is 20.7. The molecule has 1 fully saturated rings. The van der Waals surface area contributed by atoms with E-state index in [1.807, 2.05) is 0 Å². The summed E-state index contributed by atoms with van der Waals surface area (Å²) in [6, 6.07) is 10.6. The number of carbonyl (C=O) groups excluding carboxylic acids is 2. The molecule has 1 N–H and O–H groups in total.